The summed E-state index contributed by atoms with van der Waals surface area (Å²) in [5.41, 5.74) is 1.81. The van der Waals surface area contributed by atoms with E-state index in [0.29, 0.717) is 11.3 Å². The highest BCUT2D eigenvalue weighted by Gasteiger charge is 2.29. The fourth-order valence-corrected chi connectivity index (χ4v) is 2.77. The number of amides is 3. The van der Waals surface area contributed by atoms with Crippen LogP contribution in [0.25, 0.3) is 0 Å². The van der Waals surface area contributed by atoms with Crippen LogP contribution in [0.3, 0.4) is 0 Å². The first-order chi connectivity index (χ1) is 12.0. The van der Waals surface area contributed by atoms with E-state index >= 15 is 0 Å². The molecule has 128 valence electrons. The van der Waals surface area contributed by atoms with Crippen molar-refractivity contribution in [2.75, 3.05) is 5.32 Å². The van der Waals surface area contributed by atoms with E-state index in [0.717, 1.165) is 5.56 Å². The lowest BCUT2D eigenvalue weighted by molar-refractivity contribution is -0.126. The summed E-state index contributed by atoms with van der Waals surface area (Å²) in [5.74, 6) is -1.08. The zero-order chi connectivity index (χ0) is 17.8. The Labute approximate surface area is 145 Å². The highest BCUT2D eigenvalue weighted by atomic mass is 16.2. The molecule has 1 heterocycles. The number of para-hydroxylation sites is 1. The SMILES string of the molecule is CC(NC(=O)C[C@@H]1NC(=O)c2ccccc2NC1=O)c1ccccc1. The minimum Gasteiger partial charge on any atom is -0.350 e. The Bertz CT molecular complexity index is 805. The predicted octanol–water partition coefficient (Wildman–Crippen LogP) is 2.00. The van der Waals surface area contributed by atoms with Crippen molar-refractivity contribution in [3.63, 3.8) is 0 Å². The Kier molecular flexibility index (Phi) is 4.79. The average Bonchev–Trinajstić information content (AvgIpc) is 2.72. The molecule has 2 aromatic carbocycles. The lowest BCUT2D eigenvalue weighted by Gasteiger charge is -2.18. The first kappa shape index (κ1) is 16.7. The highest BCUT2D eigenvalue weighted by Crippen LogP contribution is 2.19. The normalized spacial score (nSPS) is 17.6. The van der Waals surface area contributed by atoms with Crippen molar-refractivity contribution in [2.45, 2.75) is 25.4 Å². The fraction of sp³-hybridized carbons (Fsp3) is 0.211. The third-order valence-corrected chi connectivity index (χ3v) is 4.12. The maximum Gasteiger partial charge on any atom is 0.254 e. The second-order valence-corrected chi connectivity index (χ2v) is 5.96. The van der Waals surface area contributed by atoms with Crippen LogP contribution < -0.4 is 16.0 Å². The first-order valence-electron chi connectivity index (χ1n) is 8.09. The van der Waals surface area contributed by atoms with E-state index < -0.39 is 11.9 Å². The summed E-state index contributed by atoms with van der Waals surface area (Å²) >= 11 is 0. The number of benzene rings is 2. The van der Waals surface area contributed by atoms with Gasteiger partial charge in [-0.1, -0.05) is 42.5 Å². The molecule has 0 spiro atoms. The maximum atomic E-state index is 12.3. The molecule has 25 heavy (non-hydrogen) atoms. The van der Waals surface area contributed by atoms with Crippen LogP contribution in [0.2, 0.25) is 0 Å². The topological polar surface area (TPSA) is 87.3 Å². The van der Waals surface area contributed by atoms with Gasteiger partial charge in [-0.05, 0) is 24.6 Å². The average molecular weight is 337 g/mol. The summed E-state index contributed by atoms with van der Waals surface area (Å²) in [4.78, 5) is 36.8. The number of rotatable bonds is 4. The molecule has 3 N–H and O–H groups in total. The van der Waals surface area contributed by atoms with Crippen LogP contribution in [0.1, 0.15) is 35.3 Å². The van der Waals surface area contributed by atoms with E-state index in [9.17, 15) is 14.4 Å². The fourth-order valence-electron chi connectivity index (χ4n) is 2.77. The predicted molar refractivity (Wildman–Crippen MR) is 93.9 cm³/mol. The number of anilines is 1. The van der Waals surface area contributed by atoms with E-state index in [-0.39, 0.29) is 24.3 Å². The van der Waals surface area contributed by atoms with Crippen LogP contribution in [0.15, 0.2) is 54.6 Å². The van der Waals surface area contributed by atoms with Gasteiger partial charge in [0.25, 0.3) is 5.91 Å². The zero-order valence-electron chi connectivity index (χ0n) is 13.8. The third-order valence-electron chi connectivity index (χ3n) is 4.12. The van der Waals surface area contributed by atoms with Crippen molar-refractivity contribution in [2.24, 2.45) is 0 Å². The summed E-state index contributed by atoms with van der Waals surface area (Å²) in [6.45, 7) is 1.87. The smallest absolute Gasteiger partial charge is 0.254 e. The van der Waals surface area contributed by atoms with Crippen LogP contribution in [-0.2, 0) is 9.59 Å². The number of nitrogens with one attached hydrogen (secondary N) is 3. The Morgan fingerprint density at radius 1 is 1.08 bits per heavy atom. The zero-order valence-corrected chi connectivity index (χ0v) is 13.8. The van der Waals surface area contributed by atoms with Crippen LogP contribution in [-0.4, -0.2) is 23.8 Å². The second kappa shape index (κ2) is 7.17. The highest BCUT2D eigenvalue weighted by molar-refractivity contribution is 6.10. The summed E-state index contributed by atoms with van der Waals surface area (Å²) in [5, 5.41) is 8.16. The molecule has 2 atom stereocenters. The van der Waals surface area contributed by atoms with Gasteiger partial charge in [0.15, 0.2) is 0 Å². The number of carbonyl (C=O) groups excluding carboxylic acids is 3. The van der Waals surface area contributed by atoms with Gasteiger partial charge in [-0.25, -0.2) is 0 Å². The van der Waals surface area contributed by atoms with Crippen molar-refractivity contribution >= 4 is 23.4 Å². The van der Waals surface area contributed by atoms with E-state index in [2.05, 4.69) is 16.0 Å². The van der Waals surface area contributed by atoms with Gasteiger partial charge < -0.3 is 16.0 Å². The van der Waals surface area contributed by atoms with Crippen LogP contribution in [0.4, 0.5) is 5.69 Å². The van der Waals surface area contributed by atoms with Crippen LogP contribution >= 0.6 is 0 Å². The van der Waals surface area contributed by atoms with Crippen LogP contribution in [0, 0.1) is 0 Å². The van der Waals surface area contributed by atoms with Crippen molar-refractivity contribution in [3.8, 4) is 0 Å². The van der Waals surface area contributed by atoms with Crippen molar-refractivity contribution < 1.29 is 14.4 Å². The van der Waals surface area contributed by atoms with Gasteiger partial charge in [0.05, 0.1) is 23.7 Å². The van der Waals surface area contributed by atoms with Gasteiger partial charge in [-0.15, -0.1) is 0 Å². The van der Waals surface area contributed by atoms with Crippen molar-refractivity contribution in [1.82, 2.24) is 10.6 Å². The molecule has 6 heteroatoms. The van der Waals surface area contributed by atoms with Gasteiger partial charge in [0.2, 0.25) is 11.8 Å². The molecule has 0 saturated carbocycles. The molecular formula is C19H19N3O3. The van der Waals surface area contributed by atoms with E-state index in [1.807, 2.05) is 37.3 Å². The van der Waals surface area contributed by atoms with Gasteiger partial charge >= 0.3 is 0 Å². The molecule has 1 aliphatic rings. The number of hydrogen-bond acceptors (Lipinski definition) is 3. The second-order valence-electron chi connectivity index (χ2n) is 5.96. The lowest BCUT2D eigenvalue weighted by atomic mass is 10.1. The molecule has 0 aromatic heterocycles. The summed E-state index contributed by atoms with van der Waals surface area (Å²) in [6, 6.07) is 15.2. The van der Waals surface area contributed by atoms with Gasteiger partial charge in [0.1, 0.15) is 6.04 Å². The van der Waals surface area contributed by atoms with E-state index in [4.69, 9.17) is 0 Å². The molecule has 0 radical (unpaired) electrons. The van der Waals surface area contributed by atoms with Gasteiger partial charge in [0, 0.05) is 0 Å². The molecule has 1 aliphatic heterocycles. The van der Waals surface area contributed by atoms with Gasteiger partial charge in [-0.2, -0.15) is 0 Å². The van der Waals surface area contributed by atoms with E-state index in [1.54, 1.807) is 24.3 Å². The molecule has 3 amide bonds. The minimum atomic E-state index is -0.914. The minimum absolute atomic E-state index is 0.122. The maximum absolute atomic E-state index is 12.3. The third kappa shape index (κ3) is 3.85. The standard InChI is InChI=1S/C19H19N3O3/c1-12(13-7-3-2-4-8-13)20-17(23)11-16-19(25)21-15-10-6-5-9-14(15)18(24)22-16/h2-10,12,16H,11H2,1H3,(H,20,23)(H,21,25)(H,22,24)/t12?,16-/m0/s1. The van der Waals surface area contributed by atoms with Crippen molar-refractivity contribution in [1.29, 1.82) is 0 Å². The number of fused-ring (bicyclic) bond motifs is 1. The molecule has 0 saturated heterocycles. The van der Waals surface area contributed by atoms with E-state index in [1.165, 1.54) is 0 Å². The molecule has 0 fully saturated rings. The Morgan fingerprint density at radius 2 is 1.76 bits per heavy atom. The van der Waals surface area contributed by atoms with Crippen LogP contribution in [0.5, 0.6) is 0 Å². The number of carbonyl (C=O) groups is 3. The number of hydrogen-bond donors (Lipinski definition) is 3. The molecule has 3 rings (SSSR count). The molecule has 0 bridgehead atoms. The molecule has 1 unspecified atom stereocenters. The summed E-state index contributed by atoms with van der Waals surface area (Å²) in [7, 11) is 0. The molecule has 0 aliphatic carbocycles. The van der Waals surface area contributed by atoms with Crippen molar-refractivity contribution in [3.05, 3.63) is 65.7 Å². The quantitative estimate of drug-likeness (QED) is 0.797. The summed E-state index contributed by atoms with van der Waals surface area (Å²) < 4.78 is 0. The molecular weight excluding hydrogens is 318 g/mol. The monoisotopic (exact) mass is 337 g/mol. The largest absolute Gasteiger partial charge is 0.350 e. The van der Waals surface area contributed by atoms with Gasteiger partial charge in [-0.3, -0.25) is 14.4 Å². The molecule has 6 nitrogen and oxygen atoms in total. The Balaban J connectivity index is 1.66. The Morgan fingerprint density at radius 3 is 2.52 bits per heavy atom. The molecule has 2 aromatic rings. The lowest BCUT2D eigenvalue weighted by Crippen LogP contribution is -2.44. The first-order valence-corrected chi connectivity index (χ1v) is 8.09. The Hall–Kier alpha value is -3.15. The summed E-state index contributed by atoms with van der Waals surface area (Å²) in [6.07, 6.45) is -0.122.